The molecule has 0 heterocycles. The lowest BCUT2D eigenvalue weighted by molar-refractivity contribution is -0.121. The van der Waals surface area contributed by atoms with E-state index < -0.39 is 0 Å². The molecule has 0 saturated heterocycles. The summed E-state index contributed by atoms with van der Waals surface area (Å²) in [6.07, 6.45) is 4.69. The highest BCUT2D eigenvalue weighted by atomic mass is 35.5. The van der Waals surface area contributed by atoms with Crippen molar-refractivity contribution in [3.8, 4) is 0 Å². The van der Waals surface area contributed by atoms with Gasteiger partial charge in [-0.1, -0.05) is 42.6 Å². The van der Waals surface area contributed by atoms with E-state index in [0.717, 1.165) is 37.8 Å². The first-order valence-electron chi connectivity index (χ1n) is 6.89. The standard InChI is InChI=1S/C15H23ClN2O/c1-12(13-8-5-6-9-14(13)16)18-15(19)10-4-2-3-7-11-17/h5-6,8-9,12H,2-4,7,10-11,17H2,1H3,(H,18,19). The molecule has 0 aliphatic carbocycles. The molecule has 4 heteroatoms. The number of carbonyl (C=O) groups is 1. The Morgan fingerprint density at radius 1 is 1.26 bits per heavy atom. The van der Waals surface area contributed by atoms with Crippen molar-refractivity contribution in [3.05, 3.63) is 34.9 Å². The quantitative estimate of drug-likeness (QED) is 0.718. The topological polar surface area (TPSA) is 55.1 Å². The van der Waals surface area contributed by atoms with Gasteiger partial charge in [0.05, 0.1) is 6.04 Å². The molecule has 1 rings (SSSR count). The summed E-state index contributed by atoms with van der Waals surface area (Å²) in [5.41, 5.74) is 6.38. The normalized spacial score (nSPS) is 12.2. The minimum Gasteiger partial charge on any atom is -0.350 e. The van der Waals surface area contributed by atoms with Gasteiger partial charge in [-0.25, -0.2) is 0 Å². The van der Waals surface area contributed by atoms with Gasteiger partial charge < -0.3 is 11.1 Å². The number of nitrogens with two attached hydrogens (primary N) is 1. The first-order chi connectivity index (χ1) is 9.15. The Morgan fingerprint density at radius 3 is 2.63 bits per heavy atom. The van der Waals surface area contributed by atoms with Crippen LogP contribution in [0.1, 0.15) is 50.6 Å². The lowest BCUT2D eigenvalue weighted by Crippen LogP contribution is -2.26. The first kappa shape index (κ1) is 16.0. The highest BCUT2D eigenvalue weighted by Crippen LogP contribution is 2.22. The molecule has 0 saturated carbocycles. The molecule has 1 unspecified atom stereocenters. The lowest BCUT2D eigenvalue weighted by Gasteiger charge is -2.15. The van der Waals surface area contributed by atoms with Crippen molar-refractivity contribution in [1.82, 2.24) is 5.32 Å². The van der Waals surface area contributed by atoms with Crippen molar-refractivity contribution in [2.45, 2.75) is 45.1 Å². The van der Waals surface area contributed by atoms with Gasteiger partial charge in [0, 0.05) is 11.4 Å². The summed E-state index contributed by atoms with van der Waals surface area (Å²) >= 11 is 6.10. The highest BCUT2D eigenvalue weighted by molar-refractivity contribution is 6.31. The number of carbonyl (C=O) groups excluding carboxylic acids is 1. The Hall–Kier alpha value is -1.06. The molecular formula is C15H23ClN2O. The van der Waals surface area contributed by atoms with Gasteiger partial charge in [-0.05, 0) is 37.9 Å². The van der Waals surface area contributed by atoms with Gasteiger partial charge in [0.25, 0.3) is 0 Å². The summed E-state index contributed by atoms with van der Waals surface area (Å²) in [6.45, 7) is 2.68. The van der Waals surface area contributed by atoms with Crippen molar-refractivity contribution >= 4 is 17.5 Å². The van der Waals surface area contributed by atoms with Gasteiger partial charge in [-0.15, -0.1) is 0 Å². The summed E-state index contributed by atoms with van der Waals surface area (Å²) in [5.74, 6) is 0.0835. The molecule has 0 aliphatic rings. The molecule has 0 bridgehead atoms. The van der Waals surface area contributed by atoms with Crippen LogP contribution in [0.2, 0.25) is 5.02 Å². The zero-order chi connectivity index (χ0) is 14.1. The maximum absolute atomic E-state index is 11.8. The van der Waals surface area contributed by atoms with E-state index in [9.17, 15) is 4.79 Å². The third kappa shape index (κ3) is 6.08. The summed E-state index contributed by atoms with van der Waals surface area (Å²) in [4.78, 5) is 11.8. The van der Waals surface area contributed by atoms with E-state index >= 15 is 0 Å². The van der Waals surface area contributed by atoms with Gasteiger partial charge in [0.15, 0.2) is 0 Å². The predicted molar refractivity (Wildman–Crippen MR) is 80.1 cm³/mol. The van der Waals surface area contributed by atoms with Crippen LogP contribution in [0.5, 0.6) is 0 Å². The molecule has 1 atom stereocenters. The molecule has 3 nitrogen and oxygen atoms in total. The first-order valence-corrected chi connectivity index (χ1v) is 7.26. The van der Waals surface area contributed by atoms with Crippen LogP contribution in [0.15, 0.2) is 24.3 Å². The molecule has 19 heavy (non-hydrogen) atoms. The Labute approximate surface area is 120 Å². The van der Waals surface area contributed by atoms with Crippen LogP contribution in [-0.4, -0.2) is 12.5 Å². The van der Waals surface area contributed by atoms with E-state index in [2.05, 4.69) is 5.32 Å². The molecule has 106 valence electrons. The van der Waals surface area contributed by atoms with Gasteiger partial charge in [-0.2, -0.15) is 0 Å². The molecule has 1 aromatic carbocycles. The fourth-order valence-electron chi connectivity index (χ4n) is 2.00. The van der Waals surface area contributed by atoms with Crippen LogP contribution in [0.25, 0.3) is 0 Å². The van der Waals surface area contributed by atoms with E-state index in [0.29, 0.717) is 11.4 Å². The summed E-state index contributed by atoms with van der Waals surface area (Å²) in [5, 5.41) is 3.67. The summed E-state index contributed by atoms with van der Waals surface area (Å²) < 4.78 is 0. The molecule has 0 radical (unpaired) electrons. The zero-order valence-electron chi connectivity index (χ0n) is 11.5. The largest absolute Gasteiger partial charge is 0.350 e. The number of amides is 1. The van der Waals surface area contributed by atoms with Crippen LogP contribution in [0.3, 0.4) is 0 Å². The zero-order valence-corrected chi connectivity index (χ0v) is 12.2. The second-order valence-electron chi connectivity index (χ2n) is 4.76. The lowest BCUT2D eigenvalue weighted by atomic mass is 10.1. The van der Waals surface area contributed by atoms with E-state index in [4.69, 9.17) is 17.3 Å². The van der Waals surface area contributed by atoms with Gasteiger partial charge in [-0.3, -0.25) is 4.79 Å². The van der Waals surface area contributed by atoms with Crippen molar-refractivity contribution in [3.63, 3.8) is 0 Å². The Morgan fingerprint density at radius 2 is 1.95 bits per heavy atom. The van der Waals surface area contributed by atoms with Gasteiger partial charge in [0.2, 0.25) is 5.91 Å². The van der Waals surface area contributed by atoms with E-state index in [1.807, 2.05) is 31.2 Å². The fraction of sp³-hybridized carbons (Fsp3) is 0.533. The second kappa shape index (κ2) is 8.94. The summed E-state index contributed by atoms with van der Waals surface area (Å²) in [7, 11) is 0. The van der Waals surface area contributed by atoms with Crippen molar-refractivity contribution < 1.29 is 4.79 Å². The Balaban J connectivity index is 2.30. The highest BCUT2D eigenvalue weighted by Gasteiger charge is 2.11. The SMILES string of the molecule is CC(NC(=O)CCCCCCN)c1ccccc1Cl. The van der Waals surface area contributed by atoms with E-state index in [-0.39, 0.29) is 11.9 Å². The number of rotatable bonds is 8. The van der Waals surface area contributed by atoms with E-state index in [1.165, 1.54) is 0 Å². The Bertz CT molecular complexity index is 395. The maximum atomic E-state index is 11.8. The van der Waals surface area contributed by atoms with E-state index in [1.54, 1.807) is 0 Å². The van der Waals surface area contributed by atoms with Crippen LogP contribution in [0, 0.1) is 0 Å². The van der Waals surface area contributed by atoms with Gasteiger partial charge in [0.1, 0.15) is 0 Å². The molecule has 1 amide bonds. The number of unbranched alkanes of at least 4 members (excludes halogenated alkanes) is 3. The molecule has 3 N–H and O–H groups in total. The number of hydrogen-bond donors (Lipinski definition) is 2. The molecule has 1 aromatic rings. The number of halogens is 1. The van der Waals surface area contributed by atoms with Gasteiger partial charge >= 0.3 is 0 Å². The maximum Gasteiger partial charge on any atom is 0.220 e. The predicted octanol–water partition coefficient (Wildman–Crippen LogP) is 3.43. The minimum absolute atomic E-state index is 0.0507. The fourth-order valence-corrected chi connectivity index (χ4v) is 2.30. The average Bonchev–Trinajstić information content (AvgIpc) is 2.39. The summed E-state index contributed by atoms with van der Waals surface area (Å²) in [6, 6.07) is 7.54. The average molecular weight is 283 g/mol. The smallest absolute Gasteiger partial charge is 0.220 e. The van der Waals surface area contributed by atoms with Crippen LogP contribution in [0.4, 0.5) is 0 Å². The second-order valence-corrected chi connectivity index (χ2v) is 5.17. The number of benzene rings is 1. The number of nitrogens with one attached hydrogen (secondary N) is 1. The third-order valence-electron chi connectivity index (χ3n) is 3.11. The number of hydrogen-bond acceptors (Lipinski definition) is 2. The molecule has 0 spiro atoms. The Kier molecular flexibility index (Phi) is 7.53. The molecular weight excluding hydrogens is 260 g/mol. The minimum atomic E-state index is -0.0507. The van der Waals surface area contributed by atoms with Crippen molar-refractivity contribution in [1.29, 1.82) is 0 Å². The molecule has 0 fully saturated rings. The molecule has 0 aliphatic heterocycles. The van der Waals surface area contributed by atoms with Crippen molar-refractivity contribution in [2.75, 3.05) is 6.54 Å². The van der Waals surface area contributed by atoms with Crippen LogP contribution >= 0.6 is 11.6 Å². The van der Waals surface area contributed by atoms with Crippen LogP contribution in [-0.2, 0) is 4.79 Å². The third-order valence-corrected chi connectivity index (χ3v) is 3.45. The monoisotopic (exact) mass is 282 g/mol. The van der Waals surface area contributed by atoms with Crippen LogP contribution < -0.4 is 11.1 Å². The molecule has 0 aromatic heterocycles. The van der Waals surface area contributed by atoms with Crippen molar-refractivity contribution in [2.24, 2.45) is 5.73 Å².